The molecule has 0 radical (unpaired) electrons. The van der Waals surface area contributed by atoms with E-state index < -0.39 is 0 Å². The van der Waals surface area contributed by atoms with Gasteiger partial charge in [0.05, 0.1) is 5.69 Å². The lowest BCUT2D eigenvalue weighted by Gasteiger charge is -2.07. The summed E-state index contributed by atoms with van der Waals surface area (Å²) in [5.41, 5.74) is 7.18. The number of hydrogen-bond donors (Lipinski definition) is 3. The van der Waals surface area contributed by atoms with Gasteiger partial charge in [0.25, 0.3) is 0 Å². The number of nitrogens with zero attached hydrogens (tertiary/aromatic N) is 1. The smallest absolute Gasteiger partial charge is 0.243 e. The second kappa shape index (κ2) is 9.74. The first-order valence-corrected chi connectivity index (χ1v) is 9.12. The van der Waals surface area contributed by atoms with Gasteiger partial charge in [-0.25, -0.2) is 5.48 Å². The monoisotopic (exact) mass is 407 g/mol. The quantitative estimate of drug-likeness (QED) is 0.285. The van der Waals surface area contributed by atoms with Crippen LogP contribution in [0.25, 0.3) is 22.2 Å². The molecule has 3 N–H and O–H groups in total. The van der Waals surface area contributed by atoms with Gasteiger partial charge in [0.2, 0.25) is 5.91 Å². The maximum absolute atomic E-state index is 11.1. The Morgan fingerprint density at radius 2 is 2.07 bits per heavy atom. The van der Waals surface area contributed by atoms with Gasteiger partial charge >= 0.3 is 0 Å². The number of benzene rings is 1. The summed E-state index contributed by atoms with van der Waals surface area (Å²) in [6.07, 6.45) is 7.45. The summed E-state index contributed by atoms with van der Waals surface area (Å²) in [4.78, 5) is 18.9. The molecule has 0 fully saturated rings. The molecule has 1 aromatic carbocycles. The first kappa shape index (κ1) is 21.2. The summed E-state index contributed by atoms with van der Waals surface area (Å²) in [5, 5.41) is 10.5. The summed E-state index contributed by atoms with van der Waals surface area (Å²) in [5.74, 6) is -0.337. The molecule has 0 saturated carbocycles. The van der Waals surface area contributed by atoms with Crippen LogP contribution in [-0.2, 0) is 11.2 Å². The largest absolute Gasteiger partial charge is 0.354 e. The number of nitrogens with one attached hydrogen (secondary N) is 2. The van der Waals surface area contributed by atoms with Crippen molar-refractivity contribution in [2.24, 2.45) is 0 Å². The van der Waals surface area contributed by atoms with Crippen LogP contribution in [-0.4, -0.2) is 21.1 Å². The average Bonchev–Trinajstić information content (AvgIpc) is 3.04. The van der Waals surface area contributed by atoms with E-state index in [2.05, 4.69) is 9.97 Å². The number of fused-ring (bicyclic) bond motifs is 1. The molecule has 0 aliphatic heterocycles. The topological polar surface area (TPSA) is 78.0 Å². The van der Waals surface area contributed by atoms with E-state index in [1.165, 1.54) is 10.9 Å². The van der Waals surface area contributed by atoms with Crippen molar-refractivity contribution in [3.63, 3.8) is 0 Å². The summed E-state index contributed by atoms with van der Waals surface area (Å²) in [6.45, 7) is 2.04. The lowest BCUT2D eigenvalue weighted by Crippen LogP contribution is -2.17. The summed E-state index contributed by atoms with van der Waals surface area (Å²) in [6, 6.07) is 7.90. The minimum atomic E-state index is -0.337. The molecule has 2 aromatic heterocycles. The first-order chi connectivity index (χ1) is 12.6. The van der Waals surface area contributed by atoms with Gasteiger partial charge in [-0.15, -0.1) is 12.4 Å². The Labute approximate surface area is 169 Å². The van der Waals surface area contributed by atoms with Gasteiger partial charge in [0.15, 0.2) is 0 Å². The molecule has 0 spiro atoms. The van der Waals surface area contributed by atoms with Crippen molar-refractivity contribution in [1.82, 2.24) is 15.4 Å². The highest BCUT2D eigenvalue weighted by Gasteiger charge is 2.16. The van der Waals surface area contributed by atoms with Crippen molar-refractivity contribution < 1.29 is 10.0 Å². The van der Waals surface area contributed by atoms with Crippen LogP contribution in [0.4, 0.5) is 0 Å². The van der Waals surface area contributed by atoms with Crippen LogP contribution < -0.4 is 5.48 Å². The average molecular weight is 408 g/mol. The van der Waals surface area contributed by atoms with Gasteiger partial charge in [-0.3, -0.25) is 15.0 Å². The number of pyridine rings is 1. The zero-order valence-corrected chi connectivity index (χ0v) is 16.7. The van der Waals surface area contributed by atoms with Gasteiger partial charge in [-0.2, -0.15) is 0 Å². The highest BCUT2D eigenvalue weighted by molar-refractivity contribution is 6.32. The molecule has 1 amide bonds. The van der Waals surface area contributed by atoms with Crippen LogP contribution in [0.3, 0.4) is 0 Å². The predicted octanol–water partition coefficient (Wildman–Crippen LogP) is 5.22. The van der Waals surface area contributed by atoms with Crippen LogP contribution in [0.1, 0.15) is 36.8 Å². The maximum Gasteiger partial charge on any atom is 0.243 e. The summed E-state index contributed by atoms with van der Waals surface area (Å²) in [7, 11) is 0. The van der Waals surface area contributed by atoms with Crippen LogP contribution in [0, 0.1) is 6.92 Å². The van der Waals surface area contributed by atoms with E-state index in [0.29, 0.717) is 6.42 Å². The van der Waals surface area contributed by atoms with Gasteiger partial charge in [0.1, 0.15) is 0 Å². The molecular formula is C20H23Cl2N3O2. The molecular weight excluding hydrogens is 385 g/mol. The Hall–Kier alpha value is -2.08. The zero-order valence-electron chi connectivity index (χ0n) is 15.1. The van der Waals surface area contributed by atoms with E-state index in [0.717, 1.165) is 53.0 Å². The Balaban J connectivity index is 0.00000261. The SMILES string of the molecule is Cc1c(Cl)ccc2[nH]c(-c3cccnc3)c(CCCCCC(=O)NO)c12.Cl. The number of H-pyrrole nitrogens is 1. The second-order valence-electron chi connectivity index (χ2n) is 6.41. The standard InChI is InChI=1S/C20H22ClN3O2.ClH/c1-13-16(21)9-10-17-19(13)15(7-3-2-4-8-18(25)24-26)20(23-17)14-6-5-11-22-12-14;/h5-6,9-12,23,26H,2-4,7-8H2,1H3,(H,24,25);1H. The van der Waals surface area contributed by atoms with E-state index in [1.54, 1.807) is 11.7 Å². The third kappa shape index (κ3) is 4.80. The molecule has 0 aliphatic rings. The van der Waals surface area contributed by atoms with Crippen LogP contribution in [0.15, 0.2) is 36.7 Å². The van der Waals surface area contributed by atoms with E-state index in [1.807, 2.05) is 37.4 Å². The number of hydroxylamine groups is 1. The van der Waals surface area contributed by atoms with Gasteiger partial charge in [-0.1, -0.05) is 18.0 Å². The molecule has 0 bridgehead atoms. The Morgan fingerprint density at radius 3 is 2.78 bits per heavy atom. The summed E-state index contributed by atoms with van der Waals surface area (Å²) >= 11 is 6.36. The lowest BCUT2D eigenvalue weighted by atomic mass is 9.98. The molecule has 3 aromatic rings. The number of unbranched alkanes of at least 4 members (excludes halogenated alkanes) is 2. The van der Waals surface area contributed by atoms with E-state index in [-0.39, 0.29) is 18.3 Å². The molecule has 144 valence electrons. The fourth-order valence-electron chi connectivity index (χ4n) is 3.34. The van der Waals surface area contributed by atoms with Crippen molar-refractivity contribution in [3.05, 3.63) is 52.8 Å². The number of aromatic amines is 1. The number of aromatic nitrogens is 2. The number of carbonyl (C=O) groups excluding carboxylic acids is 1. The summed E-state index contributed by atoms with van der Waals surface area (Å²) < 4.78 is 0. The van der Waals surface area contributed by atoms with Crippen molar-refractivity contribution in [3.8, 4) is 11.3 Å². The van der Waals surface area contributed by atoms with Gasteiger partial charge in [-0.05, 0) is 61.6 Å². The van der Waals surface area contributed by atoms with E-state index in [9.17, 15) is 4.79 Å². The van der Waals surface area contributed by atoms with E-state index >= 15 is 0 Å². The molecule has 5 nitrogen and oxygen atoms in total. The van der Waals surface area contributed by atoms with E-state index in [4.69, 9.17) is 16.8 Å². The molecule has 0 unspecified atom stereocenters. The maximum atomic E-state index is 11.1. The highest BCUT2D eigenvalue weighted by Crippen LogP contribution is 2.35. The number of hydrogen-bond acceptors (Lipinski definition) is 3. The number of rotatable bonds is 7. The predicted molar refractivity (Wildman–Crippen MR) is 111 cm³/mol. The highest BCUT2D eigenvalue weighted by atomic mass is 35.5. The van der Waals surface area contributed by atoms with Crippen molar-refractivity contribution in [1.29, 1.82) is 0 Å². The van der Waals surface area contributed by atoms with Crippen molar-refractivity contribution in [2.75, 3.05) is 0 Å². The normalized spacial score (nSPS) is 10.6. The molecule has 2 heterocycles. The van der Waals surface area contributed by atoms with Crippen LogP contribution in [0.2, 0.25) is 5.02 Å². The molecule has 0 saturated heterocycles. The first-order valence-electron chi connectivity index (χ1n) is 8.74. The lowest BCUT2D eigenvalue weighted by molar-refractivity contribution is -0.129. The minimum absolute atomic E-state index is 0. The fraction of sp³-hybridized carbons (Fsp3) is 0.300. The Morgan fingerprint density at radius 1 is 1.26 bits per heavy atom. The number of amides is 1. The molecule has 7 heteroatoms. The van der Waals surface area contributed by atoms with Crippen LogP contribution in [0.5, 0.6) is 0 Å². The minimum Gasteiger partial charge on any atom is -0.354 e. The van der Waals surface area contributed by atoms with Gasteiger partial charge < -0.3 is 4.98 Å². The number of carbonyl (C=O) groups is 1. The zero-order chi connectivity index (χ0) is 18.5. The molecule has 3 rings (SSSR count). The Kier molecular flexibility index (Phi) is 7.66. The second-order valence-corrected chi connectivity index (χ2v) is 6.82. The van der Waals surface area contributed by atoms with Crippen molar-refractivity contribution >= 4 is 40.8 Å². The number of halogens is 2. The third-order valence-electron chi connectivity index (χ3n) is 4.67. The molecule has 0 aliphatic carbocycles. The fourth-order valence-corrected chi connectivity index (χ4v) is 3.50. The molecule has 0 atom stereocenters. The van der Waals surface area contributed by atoms with Crippen LogP contribution >= 0.6 is 24.0 Å². The Bertz CT molecular complexity index is 910. The number of aryl methyl sites for hydroxylation is 2. The third-order valence-corrected chi connectivity index (χ3v) is 5.08. The van der Waals surface area contributed by atoms with Crippen molar-refractivity contribution in [2.45, 2.75) is 39.0 Å². The molecule has 27 heavy (non-hydrogen) atoms. The van der Waals surface area contributed by atoms with Gasteiger partial charge in [0, 0.05) is 40.3 Å².